The van der Waals surface area contributed by atoms with Crippen molar-refractivity contribution in [3.8, 4) is 5.75 Å². The van der Waals surface area contributed by atoms with Crippen LogP contribution in [-0.2, 0) is 0 Å². The van der Waals surface area contributed by atoms with Gasteiger partial charge in [-0.2, -0.15) is 0 Å². The normalized spacial score (nSPS) is 10.3. The Morgan fingerprint density at radius 1 is 0.826 bits per heavy atom. The molecule has 5 heteroatoms. The van der Waals surface area contributed by atoms with E-state index >= 15 is 0 Å². The minimum atomic E-state index is -0.387. The lowest BCUT2D eigenvalue weighted by Crippen LogP contribution is -2.41. The fourth-order valence-corrected chi connectivity index (χ4v) is 1.92. The van der Waals surface area contributed by atoms with Crippen LogP contribution in [0.25, 0.3) is 0 Å². The van der Waals surface area contributed by atoms with Crippen LogP contribution in [0.5, 0.6) is 5.75 Å². The fourth-order valence-electron chi connectivity index (χ4n) is 1.92. The average molecular weight is 312 g/mol. The fraction of sp³-hybridized carbons (Fsp3) is 0.222. The zero-order valence-electron chi connectivity index (χ0n) is 13.4. The summed E-state index contributed by atoms with van der Waals surface area (Å²) in [5.74, 6) is -0.0556. The van der Waals surface area contributed by atoms with E-state index in [9.17, 15) is 9.59 Å². The van der Waals surface area contributed by atoms with Crippen LogP contribution in [-0.4, -0.2) is 17.9 Å². The highest BCUT2D eigenvalue weighted by Crippen LogP contribution is 2.13. The molecule has 23 heavy (non-hydrogen) atoms. The summed E-state index contributed by atoms with van der Waals surface area (Å²) in [5, 5.41) is 0. The van der Waals surface area contributed by atoms with Crippen LogP contribution >= 0.6 is 0 Å². The number of carbonyl (C=O) groups excluding carboxylic acids is 2. The van der Waals surface area contributed by atoms with Crippen molar-refractivity contribution >= 4 is 11.8 Å². The van der Waals surface area contributed by atoms with E-state index in [1.807, 2.05) is 32.9 Å². The minimum absolute atomic E-state index is 0.0727. The summed E-state index contributed by atoms with van der Waals surface area (Å²) >= 11 is 0. The molecule has 0 unspecified atom stereocenters. The number of hydrazine groups is 1. The highest BCUT2D eigenvalue weighted by molar-refractivity contribution is 5.99. The number of amides is 2. The summed E-state index contributed by atoms with van der Waals surface area (Å²) in [5.41, 5.74) is 6.77. The SMILES string of the molecule is Cc1ccc(C(=O)NNC(=O)c2ccc(OC(C)C)cc2)cc1. The third kappa shape index (κ3) is 4.85. The van der Waals surface area contributed by atoms with E-state index in [-0.39, 0.29) is 17.9 Å². The lowest BCUT2D eigenvalue weighted by atomic mass is 10.1. The maximum Gasteiger partial charge on any atom is 0.269 e. The molecule has 0 spiro atoms. The summed E-state index contributed by atoms with van der Waals surface area (Å²) in [6, 6.07) is 13.8. The molecule has 0 saturated heterocycles. The van der Waals surface area contributed by atoms with Gasteiger partial charge in [0.1, 0.15) is 5.75 Å². The largest absolute Gasteiger partial charge is 0.491 e. The Morgan fingerprint density at radius 3 is 1.70 bits per heavy atom. The molecule has 0 aliphatic carbocycles. The molecular formula is C18H20N2O3. The first-order valence-corrected chi connectivity index (χ1v) is 7.40. The van der Waals surface area contributed by atoms with Gasteiger partial charge in [0.2, 0.25) is 0 Å². The third-order valence-electron chi connectivity index (χ3n) is 3.09. The van der Waals surface area contributed by atoms with Gasteiger partial charge >= 0.3 is 0 Å². The maximum atomic E-state index is 12.0. The molecule has 2 aromatic rings. The second kappa shape index (κ2) is 7.45. The van der Waals surface area contributed by atoms with Crippen LogP contribution in [0.1, 0.15) is 40.1 Å². The van der Waals surface area contributed by atoms with Crippen molar-refractivity contribution in [2.24, 2.45) is 0 Å². The number of aryl methyl sites for hydroxylation is 1. The van der Waals surface area contributed by atoms with E-state index in [0.29, 0.717) is 16.9 Å². The summed E-state index contributed by atoms with van der Waals surface area (Å²) in [6.07, 6.45) is 0.0727. The van der Waals surface area contributed by atoms with Crippen LogP contribution in [0.4, 0.5) is 0 Å². The van der Waals surface area contributed by atoms with Crippen molar-refractivity contribution in [3.05, 3.63) is 65.2 Å². The van der Waals surface area contributed by atoms with Crippen LogP contribution in [0.3, 0.4) is 0 Å². The minimum Gasteiger partial charge on any atom is -0.491 e. The van der Waals surface area contributed by atoms with Gasteiger partial charge in [-0.3, -0.25) is 20.4 Å². The number of rotatable bonds is 4. The second-order valence-electron chi connectivity index (χ2n) is 5.47. The van der Waals surface area contributed by atoms with Crippen LogP contribution < -0.4 is 15.6 Å². The number of ether oxygens (including phenoxy) is 1. The molecule has 120 valence electrons. The summed E-state index contributed by atoms with van der Waals surface area (Å²) < 4.78 is 5.51. The summed E-state index contributed by atoms with van der Waals surface area (Å²) in [4.78, 5) is 23.9. The maximum absolute atomic E-state index is 12.0. The van der Waals surface area contributed by atoms with Gasteiger partial charge in [-0.25, -0.2) is 0 Å². The molecule has 0 aliphatic rings. The number of nitrogens with one attached hydrogen (secondary N) is 2. The molecule has 0 atom stereocenters. The van der Waals surface area contributed by atoms with E-state index in [4.69, 9.17) is 4.74 Å². The lowest BCUT2D eigenvalue weighted by molar-refractivity contribution is 0.0846. The number of hydrogen-bond acceptors (Lipinski definition) is 3. The quantitative estimate of drug-likeness (QED) is 0.853. The molecule has 5 nitrogen and oxygen atoms in total. The molecule has 0 bridgehead atoms. The number of carbonyl (C=O) groups is 2. The lowest BCUT2D eigenvalue weighted by Gasteiger charge is -2.10. The van der Waals surface area contributed by atoms with Gasteiger partial charge in [0.25, 0.3) is 11.8 Å². The van der Waals surface area contributed by atoms with Gasteiger partial charge in [-0.15, -0.1) is 0 Å². The molecule has 0 saturated carbocycles. The first-order chi connectivity index (χ1) is 11.0. The molecule has 2 rings (SSSR count). The molecule has 0 fully saturated rings. The Kier molecular flexibility index (Phi) is 5.36. The van der Waals surface area contributed by atoms with Gasteiger partial charge < -0.3 is 4.74 Å². The van der Waals surface area contributed by atoms with Gasteiger partial charge in [0.05, 0.1) is 6.10 Å². The monoisotopic (exact) mass is 312 g/mol. The highest BCUT2D eigenvalue weighted by Gasteiger charge is 2.09. The van der Waals surface area contributed by atoms with Gasteiger partial charge in [0, 0.05) is 11.1 Å². The average Bonchev–Trinajstić information content (AvgIpc) is 2.53. The van der Waals surface area contributed by atoms with Crippen molar-refractivity contribution in [1.29, 1.82) is 0 Å². The van der Waals surface area contributed by atoms with Crippen LogP contribution in [0.2, 0.25) is 0 Å². The predicted octanol–water partition coefficient (Wildman–Crippen LogP) is 2.86. The van der Waals surface area contributed by atoms with E-state index in [1.165, 1.54) is 0 Å². The zero-order chi connectivity index (χ0) is 16.8. The first kappa shape index (κ1) is 16.5. The van der Waals surface area contributed by atoms with Crippen molar-refractivity contribution in [3.63, 3.8) is 0 Å². The van der Waals surface area contributed by atoms with Gasteiger partial charge in [-0.05, 0) is 57.2 Å². The van der Waals surface area contributed by atoms with Crippen molar-refractivity contribution < 1.29 is 14.3 Å². The van der Waals surface area contributed by atoms with Crippen LogP contribution in [0, 0.1) is 6.92 Å². The Labute approximate surface area is 135 Å². The first-order valence-electron chi connectivity index (χ1n) is 7.40. The van der Waals surface area contributed by atoms with Crippen molar-refractivity contribution in [2.45, 2.75) is 26.9 Å². The molecule has 2 amide bonds. The molecule has 0 aromatic heterocycles. The van der Waals surface area contributed by atoms with E-state index < -0.39 is 0 Å². The van der Waals surface area contributed by atoms with Gasteiger partial charge in [0.15, 0.2) is 0 Å². The topological polar surface area (TPSA) is 67.4 Å². The molecule has 2 aromatic carbocycles. The Hall–Kier alpha value is -2.82. The third-order valence-corrected chi connectivity index (χ3v) is 3.09. The zero-order valence-corrected chi connectivity index (χ0v) is 13.4. The van der Waals surface area contributed by atoms with Gasteiger partial charge in [-0.1, -0.05) is 17.7 Å². The van der Waals surface area contributed by atoms with E-state index in [2.05, 4.69) is 10.9 Å². The standard InChI is InChI=1S/C18H20N2O3/c1-12(2)23-16-10-8-15(9-11-16)18(22)20-19-17(21)14-6-4-13(3)5-7-14/h4-12H,1-3H3,(H,19,21)(H,20,22). The Balaban J connectivity index is 1.91. The molecule has 2 N–H and O–H groups in total. The molecular weight excluding hydrogens is 292 g/mol. The second-order valence-corrected chi connectivity index (χ2v) is 5.47. The van der Waals surface area contributed by atoms with Crippen molar-refractivity contribution in [1.82, 2.24) is 10.9 Å². The van der Waals surface area contributed by atoms with E-state index in [0.717, 1.165) is 5.56 Å². The Morgan fingerprint density at radius 2 is 1.26 bits per heavy atom. The molecule has 0 aliphatic heterocycles. The predicted molar refractivity (Wildman–Crippen MR) is 88.3 cm³/mol. The number of benzene rings is 2. The molecule has 0 radical (unpaired) electrons. The van der Waals surface area contributed by atoms with Crippen LogP contribution in [0.15, 0.2) is 48.5 Å². The smallest absolute Gasteiger partial charge is 0.269 e. The summed E-state index contributed by atoms with van der Waals surface area (Å²) in [6.45, 7) is 5.80. The van der Waals surface area contributed by atoms with Crippen molar-refractivity contribution in [2.75, 3.05) is 0 Å². The summed E-state index contributed by atoms with van der Waals surface area (Å²) in [7, 11) is 0. The highest BCUT2D eigenvalue weighted by atomic mass is 16.5. The Bertz CT molecular complexity index is 676. The molecule has 0 heterocycles. The van der Waals surface area contributed by atoms with E-state index in [1.54, 1.807) is 36.4 Å². The number of hydrogen-bond donors (Lipinski definition) is 2.